The van der Waals surface area contributed by atoms with Crippen molar-refractivity contribution in [1.82, 2.24) is 4.98 Å². The summed E-state index contributed by atoms with van der Waals surface area (Å²) < 4.78 is 10.6. The minimum Gasteiger partial charge on any atom is -0.481 e. The van der Waals surface area contributed by atoms with E-state index >= 15 is 0 Å². The fraction of sp³-hybridized carbons (Fsp3) is 0.438. The molecule has 1 unspecified atom stereocenters. The van der Waals surface area contributed by atoms with E-state index in [9.17, 15) is 4.79 Å². The lowest BCUT2D eigenvalue weighted by molar-refractivity contribution is -0.145. The van der Waals surface area contributed by atoms with Gasteiger partial charge in [0.15, 0.2) is 6.61 Å². The number of thioether (sulfide) groups is 1. The van der Waals surface area contributed by atoms with Gasteiger partial charge in [0.05, 0.1) is 6.61 Å². The van der Waals surface area contributed by atoms with Crippen molar-refractivity contribution in [2.45, 2.75) is 19.3 Å². The van der Waals surface area contributed by atoms with Gasteiger partial charge < -0.3 is 14.5 Å². The summed E-state index contributed by atoms with van der Waals surface area (Å²) in [6.07, 6.45) is 3.28. The first-order valence-electron chi connectivity index (χ1n) is 7.25. The van der Waals surface area contributed by atoms with Crippen molar-refractivity contribution in [3.63, 3.8) is 0 Å². The van der Waals surface area contributed by atoms with Crippen LogP contribution in [0.1, 0.15) is 24.8 Å². The molecule has 1 aliphatic rings. The first-order chi connectivity index (χ1) is 10.3. The molecule has 21 heavy (non-hydrogen) atoms. The van der Waals surface area contributed by atoms with Crippen molar-refractivity contribution < 1.29 is 14.3 Å². The molecule has 1 saturated heterocycles. The quantitative estimate of drug-likeness (QED) is 0.861. The Bertz CT molecular complexity index is 631. The van der Waals surface area contributed by atoms with Gasteiger partial charge in [-0.3, -0.25) is 0 Å². The highest BCUT2D eigenvalue weighted by Gasteiger charge is 2.22. The second-order valence-electron chi connectivity index (χ2n) is 5.08. The maximum atomic E-state index is 11.5. The number of esters is 1. The van der Waals surface area contributed by atoms with Gasteiger partial charge in [0.25, 0.3) is 0 Å². The van der Waals surface area contributed by atoms with Crippen LogP contribution in [-0.4, -0.2) is 35.7 Å². The third-order valence-electron chi connectivity index (χ3n) is 3.72. The number of rotatable bonds is 5. The maximum Gasteiger partial charge on any atom is 0.344 e. The predicted octanol–water partition coefficient (Wildman–Crippen LogP) is 3.33. The molecule has 1 aromatic heterocycles. The summed E-state index contributed by atoms with van der Waals surface area (Å²) in [6, 6.07) is 5.89. The number of H-pyrrole nitrogens is 1. The first kappa shape index (κ1) is 14.3. The second-order valence-corrected chi connectivity index (χ2v) is 6.23. The van der Waals surface area contributed by atoms with Crippen molar-refractivity contribution in [3.8, 4) is 5.75 Å². The Hall–Kier alpha value is -1.62. The summed E-state index contributed by atoms with van der Waals surface area (Å²) in [4.78, 5) is 14.8. The highest BCUT2D eigenvalue weighted by molar-refractivity contribution is 7.99. The minimum atomic E-state index is -0.331. The van der Waals surface area contributed by atoms with E-state index in [0.29, 0.717) is 12.5 Å². The number of carbonyl (C=O) groups excluding carboxylic acids is 1. The van der Waals surface area contributed by atoms with E-state index < -0.39 is 0 Å². The van der Waals surface area contributed by atoms with Crippen LogP contribution >= 0.6 is 11.8 Å². The first-order valence-corrected chi connectivity index (χ1v) is 8.41. The molecule has 112 valence electrons. The molecule has 1 aliphatic heterocycles. The Morgan fingerprint density at radius 3 is 3.14 bits per heavy atom. The molecule has 2 heterocycles. The molecule has 0 amide bonds. The summed E-state index contributed by atoms with van der Waals surface area (Å²) in [5.74, 6) is 3.36. The van der Waals surface area contributed by atoms with Crippen molar-refractivity contribution in [2.75, 3.05) is 24.7 Å². The standard InChI is InChI=1S/C16H19NO3S/c1-2-19-15(18)9-20-14-5-3-4-13-16(14)12(8-17-13)11-6-7-21-10-11/h3-5,8,11,17H,2,6-7,9-10H2,1H3. The Kier molecular flexibility index (Phi) is 4.39. The van der Waals surface area contributed by atoms with Crippen LogP contribution in [0.15, 0.2) is 24.4 Å². The van der Waals surface area contributed by atoms with E-state index in [0.717, 1.165) is 22.4 Å². The van der Waals surface area contributed by atoms with Crippen LogP contribution in [0.2, 0.25) is 0 Å². The highest BCUT2D eigenvalue weighted by Crippen LogP contribution is 2.39. The molecule has 0 aliphatic carbocycles. The number of hydrogen-bond donors (Lipinski definition) is 1. The molecule has 1 N–H and O–H groups in total. The lowest BCUT2D eigenvalue weighted by atomic mass is 9.98. The van der Waals surface area contributed by atoms with Crippen LogP contribution in [0.25, 0.3) is 10.9 Å². The lowest BCUT2D eigenvalue weighted by Gasteiger charge is -2.11. The van der Waals surface area contributed by atoms with E-state index in [2.05, 4.69) is 11.2 Å². The molecule has 1 atom stereocenters. The van der Waals surface area contributed by atoms with E-state index in [1.165, 1.54) is 17.7 Å². The number of fused-ring (bicyclic) bond motifs is 1. The van der Waals surface area contributed by atoms with Gasteiger partial charge in [-0.15, -0.1) is 0 Å². The van der Waals surface area contributed by atoms with Gasteiger partial charge in [-0.1, -0.05) is 6.07 Å². The largest absolute Gasteiger partial charge is 0.481 e. The molecule has 0 bridgehead atoms. The number of carbonyl (C=O) groups is 1. The Balaban J connectivity index is 1.87. The molecule has 5 heteroatoms. The molecule has 0 saturated carbocycles. The maximum absolute atomic E-state index is 11.5. The smallest absolute Gasteiger partial charge is 0.344 e. The lowest BCUT2D eigenvalue weighted by Crippen LogP contribution is -2.14. The zero-order valence-corrected chi connectivity index (χ0v) is 12.9. The van der Waals surface area contributed by atoms with Gasteiger partial charge in [0, 0.05) is 22.9 Å². The Labute approximate surface area is 128 Å². The molecular weight excluding hydrogens is 286 g/mol. The SMILES string of the molecule is CCOC(=O)COc1cccc2[nH]cc(C3CCSC3)c12. The number of nitrogens with one attached hydrogen (secondary N) is 1. The van der Waals surface area contributed by atoms with E-state index in [-0.39, 0.29) is 12.6 Å². The molecule has 0 radical (unpaired) electrons. The van der Waals surface area contributed by atoms with E-state index in [1.807, 2.05) is 30.0 Å². The summed E-state index contributed by atoms with van der Waals surface area (Å²) in [6.45, 7) is 2.12. The second kappa shape index (κ2) is 6.43. The molecule has 2 aromatic rings. The zero-order chi connectivity index (χ0) is 14.7. The monoisotopic (exact) mass is 305 g/mol. The Morgan fingerprint density at radius 1 is 1.48 bits per heavy atom. The summed E-state index contributed by atoms with van der Waals surface area (Å²) in [7, 11) is 0. The minimum absolute atomic E-state index is 0.0447. The topological polar surface area (TPSA) is 51.3 Å². The molecule has 3 rings (SSSR count). The number of benzene rings is 1. The fourth-order valence-electron chi connectivity index (χ4n) is 2.74. The van der Waals surface area contributed by atoms with Gasteiger partial charge in [-0.25, -0.2) is 4.79 Å². The van der Waals surface area contributed by atoms with Crippen LogP contribution in [0.5, 0.6) is 5.75 Å². The summed E-state index contributed by atoms with van der Waals surface area (Å²) in [5.41, 5.74) is 2.36. The van der Waals surface area contributed by atoms with Gasteiger partial charge in [-0.05, 0) is 42.7 Å². The van der Waals surface area contributed by atoms with Crippen LogP contribution in [0, 0.1) is 0 Å². The molecule has 1 fully saturated rings. The van der Waals surface area contributed by atoms with Crippen LogP contribution in [-0.2, 0) is 9.53 Å². The van der Waals surface area contributed by atoms with Gasteiger partial charge in [-0.2, -0.15) is 11.8 Å². The van der Waals surface area contributed by atoms with Crippen LogP contribution in [0.3, 0.4) is 0 Å². The molecular formula is C16H19NO3S. The van der Waals surface area contributed by atoms with Gasteiger partial charge in [0.1, 0.15) is 5.75 Å². The van der Waals surface area contributed by atoms with Crippen molar-refractivity contribution in [3.05, 3.63) is 30.0 Å². The molecule has 4 nitrogen and oxygen atoms in total. The van der Waals surface area contributed by atoms with Crippen molar-refractivity contribution in [1.29, 1.82) is 0 Å². The number of hydrogen-bond acceptors (Lipinski definition) is 4. The zero-order valence-electron chi connectivity index (χ0n) is 12.1. The van der Waals surface area contributed by atoms with Crippen molar-refractivity contribution >= 4 is 28.6 Å². The fourth-order valence-corrected chi connectivity index (χ4v) is 3.99. The summed E-state index contributed by atoms with van der Waals surface area (Å²) >= 11 is 1.99. The van der Waals surface area contributed by atoms with Crippen LogP contribution < -0.4 is 4.74 Å². The number of aromatic amines is 1. The van der Waals surface area contributed by atoms with Crippen LogP contribution in [0.4, 0.5) is 0 Å². The average Bonchev–Trinajstić information content (AvgIpc) is 3.14. The van der Waals surface area contributed by atoms with Gasteiger partial charge >= 0.3 is 5.97 Å². The Morgan fingerprint density at radius 2 is 2.38 bits per heavy atom. The average molecular weight is 305 g/mol. The van der Waals surface area contributed by atoms with Crippen molar-refractivity contribution in [2.24, 2.45) is 0 Å². The predicted molar refractivity (Wildman–Crippen MR) is 85.1 cm³/mol. The normalized spacial score (nSPS) is 18.0. The highest BCUT2D eigenvalue weighted by atomic mass is 32.2. The number of aromatic nitrogens is 1. The molecule has 0 spiro atoms. The third-order valence-corrected chi connectivity index (χ3v) is 4.88. The molecule has 1 aromatic carbocycles. The van der Waals surface area contributed by atoms with E-state index in [4.69, 9.17) is 9.47 Å². The third kappa shape index (κ3) is 3.02. The summed E-state index contributed by atoms with van der Waals surface area (Å²) in [5, 5.41) is 1.11. The van der Waals surface area contributed by atoms with E-state index in [1.54, 1.807) is 6.92 Å². The number of ether oxygens (including phenoxy) is 2. The van der Waals surface area contributed by atoms with Gasteiger partial charge in [0.2, 0.25) is 0 Å².